The second-order valence-electron chi connectivity index (χ2n) is 7.60. The molecule has 0 amide bonds. The van der Waals surface area contributed by atoms with E-state index in [4.69, 9.17) is 21.1 Å². The van der Waals surface area contributed by atoms with Gasteiger partial charge in [0.25, 0.3) is 6.01 Å². The Hall–Kier alpha value is -2.79. The SMILES string of the molecule is O=C(O)CC1CCC(c2ccc(-c3cnc(Nc4ccc(Cl)cc4)o3)cc2)CC1. The molecule has 3 aromatic rings. The molecule has 0 saturated heterocycles. The summed E-state index contributed by atoms with van der Waals surface area (Å²) in [5.41, 5.74) is 3.14. The van der Waals surface area contributed by atoms with Gasteiger partial charge >= 0.3 is 5.97 Å². The van der Waals surface area contributed by atoms with Gasteiger partial charge in [-0.05, 0) is 67.3 Å². The Morgan fingerprint density at radius 3 is 2.41 bits per heavy atom. The zero-order chi connectivity index (χ0) is 20.2. The molecule has 1 saturated carbocycles. The molecule has 0 aliphatic heterocycles. The van der Waals surface area contributed by atoms with Crippen LogP contribution in [0.2, 0.25) is 5.02 Å². The molecule has 0 radical (unpaired) electrons. The molecule has 2 N–H and O–H groups in total. The van der Waals surface area contributed by atoms with Crippen LogP contribution in [0, 0.1) is 5.92 Å². The number of halogens is 1. The van der Waals surface area contributed by atoms with Crippen LogP contribution in [0.1, 0.15) is 43.6 Å². The molecule has 1 fully saturated rings. The smallest absolute Gasteiger partial charge is 0.303 e. The number of carboxylic acids is 1. The van der Waals surface area contributed by atoms with Gasteiger partial charge in [-0.2, -0.15) is 0 Å². The quantitative estimate of drug-likeness (QED) is 0.485. The van der Waals surface area contributed by atoms with Gasteiger partial charge in [0.1, 0.15) is 0 Å². The first kappa shape index (κ1) is 19.5. The summed E-state index contributed by atoms with van der Waals surface area (Å²) in [5.74, 6) is 0.850. The lowest BCUT2D eigenvalue weighted by molar-refractivity contribution is -0.138. The number of aromatic nitrogens is 1. The van der Waals surface area contributed by atoms with Crippen LogP contribution in [0.15, 0.2) is 59.1 Å². The topological polar surface area (TPSA) is 75.4 Å². The number of hydrogen-bond acceptors (Lipinski definition) is 4. The number of nitrogens with zero attached hydrogens (tertiary/aromatic N) is 1. The van der Waals surface area contributed by atoms with Gasteiger partial charge in [0.15, 0.2) is 5.76 Å². The molecule has 0 atom stereocenters. The minimum Gasteiger partial charge on any atom is -0.481 e. The van der Waals surface area contributed by atoms with Crippen molar-refractivity contribution < 1.29 is 14.3 Å². The summed E-state index contributed by atoms with van der Waals surface area (Å²) < 4.78 is 5.83. The monoisotopic (exact) mass is 410 g/mol. The predicted octanol–water partition coefficient (Wildman–Crippen LogP) is 6.49. The van der Waals surface area contributed by atoms with Gasteiger partial charge < -0.3 is 14.8 Å². The van der Waals surface area contributed by atoms with E-state index in [1.54, 1.807) is 6.20 Å². The number of anilines is 2. The summed E-state index contributed by atoms with van der Waals surface area (Å²) in [7, 11) is 0. The second kappa shape index (κ2) is 8.70. The molecule has 2 aromatic carbocycles. The normalized spacial score (nSPS) is 19.1. The van der Waals surface area contributed by atoms with Crippen molar-refractivity contribution in [2.45, 2.75) is 38.0 Å². The highest BCUT2D eigenvalue weighted by Gasteiger charge is 2.24. The third-order valence-electron chi connectivity index (χ3n) is 5.58. The van der Waals surface area contributed by atoms with Crippen LogP contribution in [-0.2, 0) is 4.79 Å². The van der Waals surface area contributed by atoms with Gasteiger partial charge in [-0.25, -0.2) is 4.98 Å². The molecule has 1 aliphatic carbocycles. The minimum absolute atomic E-state index is 0.295. The maximum Gasteiger partial charge on any atom is 0.303 e. The highest BCUT2D eigenvalue weighted by Crippen LogP contribution is 2.37. The van der Waals surface area contributed by atoms with Crippen molar-refractivity contribution in [2.75, 3.05) is 5.32 Å². The van der Waals surface area contributed by atoms with Crippen LogP contribution in [0.4, 0.5) is 11.7 Å². The average molecular weight is 411 g/mol. The summed E-state index contributed by atoms with van der Waals surface area (Å²) in [4.78, 5) is 15.2. The van der Waals surface area contributed by atoms with E-state index in [-0.39, 0.29) is 0 Å². The number of hydrogen-bond donors (Lipinski definition) is 2. The largest absolute Gasteiger partial charge is 0.481 e. The number of rotatable bonds is 6. The fourth-order valence-electron chi connectivity index (χ4n) is 3.99. The molecule has 0 bridgehead atoms. The molecule has 1 aliphatic rings. The Kier molecular flexibility index (Phi) is 5.86. The molecule has 1 aromatic heterocycles. The predicted molar refractivity (Wildman–Crippen MR) is 114 cm³/mol. The van der Waals surface area contributed by atoms with Crippen LogP contribution in [0.25, 0.3) is 11.3 Å². The van der Waals surface area contributed by atoms with Crippen molar-refractivity contribution in [1.29, 1.82) is 0 Å². The van der Waals surface area contributed by atoms with Crippen molar-refractivity contribution in [1.82, 2.24) is 4.98 Å². The summed E-state index contributed by atoms with van der Waals surface area (Å²) in [6, 6.07) is 16.2. The van der Waals surface area contributed by atoms with E-state index in [1.807, 2.05) is 24.3 Å². The van der Waals surface area contributed by atoms with E-state index in [0.717, 1.165) is 36.9 Å². The van der Waals surface area contributed by atoms with Gasteiger partial charge in [0.2, 0.25) is 0 Å². The molecular weight excluding hydrogens is 388 g/mol. The molecule has 0 unspecified atom stereocenters. The van der Waals surface area contributed by atoms with E-state index < -0.39 is 5.97 Å². The molecule has 6 heteroatoms. The van der Waals surface area contributed by atoms with Crippen LogP contribution in [0.3, 0.4) is 0 Å². The van der Waals surface area contributed by atoms with Crippen LogP contribution in [0.5, 0.6) is 0 Å². The second-order valence-corrected chi connectivity index (χ2v) is 8.04. The molecule has 5 nitrogen and oxygen atoms in total. The first-order valence-electron chi connectivity index (χ1n) is 9.87. The molecule has 0 spiro atoms. The Labute approximate surface area is 174 Å². The number of oxazole rings is 1. The molecule has 29 heavy (non-hydrogen) atoms. The first-order valence-corrected chi connectivity index (χ1v) is 10.2. The zero-order valence-electron chi connectivity index (χ0n) is 16.0. The van der Waals surface area contributed by atoms with Gasteiger partial charge in [-0.1, -0.05) is 35.9 Å². The van der Waals surface area contributed by atoms with Crippen LogP contribution in [-0.4, -0.2) is 16.1 Å². The summed E-state index contributed by atoms with van der Waals surface area (Å²) >= 11 is 5.90. The van der Waals surface area contributed by atoms with Crippen molar-refractivity contribution in [2.24, 2.45) is 5.92 Å². The summed E-state index contributed by atoms with van der Waals surface area (Å²) in [6.45, 7) is 0. The molecular formula is C23H23ClN2O3. The fourth-order valence-corrected chi connectivity index (χ4v) is 4.11. The maximum absolute atomic E-state index is 10.9. The molecule has 4 rings (SSSR count). The highest BCUT2D eigenvalue weighted by atomic mass is 35.5. The third-order valence-corrected chi connectivity index (χ3v) is 5.83. The lowest BCUT2D eigenvalue weighted by Crippen LogP contribution is -2.16. The molecule has 150 valence electrons. The highest BCUT2D eigenvalue weighted by molar-refractivity contribution is 6.30. The lowest BCUT2D eigenvalue weighted by Gasteiger charge is -2.28. The minimum atomic E-state index is -0.685. The van der Waals surface area contributed by atoms with Gasteiger partial charge in [0.05, 0.1) is 6.20 Å². The van der Waals surface area contributed by atoms with E-state index >= 15 is 0 Å². The van der Waals surface area contributed by atoms with Crippen molar-refractivity contribution in [3.8, 4) is 11.3 Å². The van der Waals surface area contributed by atoms with Gasteiger partial charge in [0, 0.05) is 22.7 Å². The number of aliphatic carboxylic acids is 1. The van der Waals surface area contributed by atoms with Gasteiger partial charge in [-0.3, -0.25) is 4.79 Å². The Morgan fingerprint density at radius 1 is 1.07 bits per heavy atom. The van der Waals surface area contributed by atoms with Crippen LogP contribution < -0.4 is 5.32 Å². The third kappa shape index (κ3) is 4.98. The number of nitrogens with one attached hydrogen (secondary N) is 1. The van der Waals surface area contributed by atoms with Crippen molar-refractivity contribution in [3.63, 3.8) is 0 Å². The zero-order valence-corrected chi connectivity index (χ0v) is 16.7. The van der Waals surface area contributed by atoms with Crippen molar-refractivity contribution in [3.05, 3.63) is 65.3 Å². The summed E-state index contributed by atoms with van der Waals surface area (Å²) in [5, 5.41) is 12.8. The summed E-state index contributed by atoms with van der Waals surface area (Å²) in [6.07, 6.45) is 6.08. The van der Waals surface area contributed by atoms with E-state index in [2.05, 4.69) is 34.6 Å². The number of benzene rings is 2. The Morgan fingerprint density at radius 2 is 1.76 bits per heavy atom. The van der Waals surface area contributed by atoms with Crippen molar-refractivity contribution >= 4 is 29.3 Å². The fraction of sp³-hybridized carbons (Fsp3) is 0.304. The van der Waals surface area contributed by atoms with Gasteiger partial charge in [-0.15, -0.1) is 0 Å². The standard InChI is InChI=1S/C23H23ClN2O3/c24-19-9-11-20(12-10-19)26-23-25-14-21(29-23)18-7-5-17(6-8-18)16-3-1-15(2-4-16)13-22(27)28/h5-12,14-16H,1-4,13H2,(H,25,26)(H,27,28). The van der Waals surface area contributed by atoms with E-state index in [0.29, 0.717) is 35.1 Å². The maximum atomic E-state index is 10.9. The number of carboxylic acid groups (broad SMARTS) is 1. The number of carbonyl (C=O) groups is 1. The Bertz CT molecular complexity index is 959. The Balaban J connectivity index is 1.38. The van der Waals surface area contributed by atoms with E-state index in [9.17, 15) is 4.79 Å². The van der Waals surface area contributed by atoms with Crippen LogP contribution >= 0.6 is 11.6 Å². The first-order chi connectivity index (χ1) is 14.1. The average Bonchev–Trinajstić information content (AvgIpc) is 3.19. The van der Waals surface area contributed by atoms with E-state index in [1.165, 1.54) is 5.56 Å². The lowest BCUT2D eigenvalue weighted by atomic mass is 9.77. The molecule has 1 heterocycles.